The predicted octanol–water partition coefficient (Wildman–Crippen LogP) is 1.47. The lowest BCUT2D eigenvalue weighted by Gasteiger charge is -2.32. The number of benzene rings is 1. The van der Waals surface area contributed by atoms with Crippen LogP contribution in [-0.4, -0.2) is 68.8 Å². The zero-order valence-corrected chi connectivity index (χ0v) is 13.3. The van der Waals surface area contributed by atoms with Gasteiger partial charge in [0, 0.05) is 19.1 Å². The number of hydrogen-bond acceptors (Lipinski definition) is 5. The van der Waals surface area contributed by atoms with Gasteiger partial charge in [0.05, 0.1) is 45.7 Å². The molecule has 0 radical (unpaired) electrons. The summed E-state index contributed by atoms with van der Waals surface area (Å²) in [6.07, 6.45) is -0.516. The standard InChI is InChI=1S/C17H27NO4/c1-15(17(19)16-5-3-2-4-6-16)18-7-9-20-11-13-22-14-12-21-10-8-18/h2-6,15,17,19H,7-14H2,1H3/t15-,17-/m0/s1. The van der Waals surface area contributed by atoms with Crippen LogP contribution in [0.25, 0.3) is 0 Å². The first kappa shape index (κ1) is 17.4. The van der Waals surface area contributed by atoms with Crippen molar-refractivity contribution in [3.63, 3.8) is 0 Å². The molecule has 2 rings (SSSR count). The first-order valence-corrected chi connectivity index (χ1v) is 7.99. The summed E-state index contributed by atoms with van der Waals surface area (Å²) in [5, 5.41) is 10.6. The summed E-state index contributed by atoms with van der Waals surface area (Å²) in [5.41, 5.74) is 0.941. The molecule has 0 aromatic heterocycles. The molecular formula is C17H27NO4. The van der Waals surface area contributed by atoms with Crippen molar-refractivity contribution in [2.24, 2.45) is 0 Å². The highest BCUT2D eigenvalue weighted by atomic mass is 16.5. The van der Waals surface area contributed by atoms with Gasteiger partial charge in [-0.15, -0.1) is 0 Å². The molecule has 5 nitrogen and oxygen atoms in total. The summed E-state index contributed by atoms with van der Waals surface area (Å²) in [6, 6.07) is 9.79. The smallest absolute Gasteiger partial charge is 0.0942 e. The Morgan fingerprint density at radius 2 is 1.36 bits per heavy atom. The average molecular weight is 309 g/mol. The third-order valence-corrected chi connectivity index (χ3v) is 3.96. The number of aliphatic hydroxyl groups is 1. The highest BCUT2D eigenvalue weighted by molar-refractivity contribution is 5.18. The molecule has 1 heterocycles. The van der Waals surface area contributed by atoms with Crippen LogP contribution >= 0.6 is 0 Å². The summed E-state index contributed by atoms with van der Waals surface area (Å²) in [6.45, 7) is 7.27. The van der Waals surface area contributed by atoms with Gasteiger partial charge in [-0.3, -0.25) is 4.90 Å². The minimum atomic E-state index is -0.516. The normalized spacial score (nSPS) is 22.3. The molecule has 1 aromatic carbocycles. The average Bonchev–Trinajstić information content (AvgIpc) is 2.55. The number of aliphatic hydroxyl groups excluding tert-OH is 1. The van der Waals surface area contributed by atoms with Crippen molar-refractivity contribution in [1.29, 1.82) is 0 Å². The first-order valence-electron chi connectivity index (χ1n) is 7.99. The van der Waals surface area contributed by atoms with Crippen LogP contribution in [0.4, 0.5) is 0 Å². The van der Waals surface area contributed by atoms with E-state index >= 15 is 0 Å². The molecule has 0 amide bonds. The van der Waals surface area contributed by atoms with Crippen molar-refractivity contribution < 1.29 is 19.3 Å². The van der Waals surface area contributed by atoms with Crippen LogP contribution in [0.15, 0.2) is 30.3 Å². The van der Waals surface area contributed by atoms with Gasteiger partial charge in [0.2, 0.25) is 0 Å². The Balaban J connectivity index is 1.92. The van der Waals surface area contributed by atoms with Crippen LogP contribution < -0.4 is 0 Å². The van der Waals surface area contributed by atoms with E-state index < -0.39 is 6.10 Å². The number of hydrogen-bond donors (Lipinski definition) is 1. The molecule has 1 aliphatic rings. The van der Waals surface area contributed by atoms with E-state index in [9.17, 15) is 5.11 Å². The van der Waals surface area contributed by atoms with Gasteiger partial charge in [0.1, 0.15) is 0 Å². The lowest BCUT2D eigenvalue weighted by atomic mass is 10.0. The van der Waals surface area contributed by atoms with Crippen LogP contribution in [0.1, 0.15) is 18.6 Å². The fourth-order valence-corrected chi connectivity index (χ4v) is 2.55. The van der Waals surface area contributed by atoms with Crippen LogP contribution in [-0.2, 0) is 14.2 Å². The lowest BCUT2D eigenvalue weighted by Crippen LogP contribution is -2.42. The second kappa shape index (κ2) is 9.92. The maximum atomic E-state index is 10.6. The SMILES string of the molecule is C[C@@H]([C@H](O)c1ccccc1)N1CCOCCOCCOCC1. The third-order valence-electron chi connectivity index (χ3n) is 3.96. The first-order chi connectivity index (χ1) is 10.8. The van der Waals surface area contributed by atoms with Crippen LogP contribution in [0.2, 0.25) is 0 Å². The van der Waals surface area contributed by atoms with E-state index in [0.29, 0.717) is 39.6 Å². The van der Waals surface area contributed by atoms with Gasteiger partial charge in [0.25, 0.3) is 0 Å². The van der Waals surface area contributed by atoms with Crippen molar-refractivity contribution in [1.82, 2.24) is 4.90 Å². The Bertz CT molecular complexity index is 389. The Labute approximate surface area is 132 Å². The molecular weight excluding hydrogens is 282 g/mol. The van der Waals surface area contributed by atoms with Crippen molar-refractivity contribution >= 4 is 0 Å². The van der Waals surface area contributed by atoms with Gasteiger partial charge >= 0.3 is 0 Å². The maximum Gasteiger partial charge on any atom is 0.0942 e. The van der Waals surface area contributed by atoms with Crippen molar-refractivity contribution in [3.05, 3.63) is 35.9 Å². The predicted molar refractivity (Wildman–Crippen MR) is 84.9 cm³/mol. The molecule has 0 spiro atoms. The minimum absolute atomic E-state index is 0.00814. The Morgan fingerprint density at radius 3 is 1.91 bits per heavy atom. The third kappa shape index (κ3) is 5.66. The summed E-state index contributed by atoms with van der Waals surface area (Å²) in [7, 11) is 0. The second-order valence-corrected chi connectivity index (χ2v) is 5.47. The molecule has 2 atom stereocenters. The van der Waals surface area contributed by atoms with Crippen molar-refractivity contribution in [3.8, 4) is 0 Å². The summed E-state index contributed by atoms with van der Waals surface area (Å²) in [5.74, 6) is 0. The molecule has 1 aliphatic heterocycles. The quantitative estimate of drug-likeness (QED) is 0.916. The molecule has 0 unspecified atom stereocenters. The summed E-state index contributed by atoms with van der Waals surface area (Å²) < 4.78 is 16.5. The maximum absolute atomic E-state index is 10.6. The zero-order valence-electron chi connectivity index (χ0n) is 13.3. The van der Waals surface area contributed by atoms with Crippen LogP contribution in [0, 0.1) is 0 Å². The molecule has 0 bridgehead atoms. The van der Waals surface area contributed by atoms with Crippen molar-refractivity contribution in [2.45, 2.75) is 19.1 Å². The Morgan fingerprint density at radius 1 is 0.864 bits per heavy atom. The molecule has 1 fully saturated rings. The highest BCUT2D eigenvalue weighted by Crippen LogP contribution is 2.20. The largest absolute Gasteiger partial charge is 0.387 e. The van der Waals surface area contributed by atoms with Gasteiger partial charge in [-0.05, 0) is 12.5 Å². The van der Waals surface area contributed by atoms with Gasteiger partial charge in [-0.2, -0.15) is 0 Å². The molecule has 1 aromatic rings. The van der Waals surface area contributed by atoms with E-state index in [2.05, 4.69) is 4.90 Å². The fourth-order valence-electron chi connectivity index (χ4n) is 2.55. The number of rotatable bonds is 3. The van der Waals surface area contributed by atoms with E-state index in [1.54, 1.807) is 0 Å². The highest BCUT2D eigenvalue weighted by Gasteiger charge is 2.22. The molecule has 5 heteroatoms. The second-order valence-electron chi connectivity index (χ2n) is 5.47. The van der Waals surface area contributed by atoms with E-state index in [4.69, 9.17) is 14.2 Å². The van der Waals surface area contributed by atoms with Gasteiger partial charge in [-0.25, -0.2) is 0 Å². The molecule has 22 heavy (non-hydrogen) atoms. The molecule has 124 valence electrons. The molecule has 0 saturated carbocycles. The zero-order chi connectivity index (χ0) is 15.6. The lowest BCUT2D eigenvalue weighted by molar-refractivity contribution is -0.0241. The monoisotopic (exact) mass is 309 g/mol. The molecule has 1 N–H and O–H groups in total. The summed E-state index contributed by atoms with van der Waals surface area (Å²) >= 11 is 0. The minimum Gasteiger partial charge on any atom is -0.387 e. The Hall–Kier alpha value is -0.980. The topological polar surface area (TPSA) is 51.2 Å². The van der Waals surface area contributed by atoms with Gasteiger partial charge < -0.3 is 19.3 Å². The molecule has 0 aliphatic carbocycles. The Kier molecular flexibility index (Phi) is 7.83. The van der Waals surface area contributed by atoms with E-state index in [-0.39, 0.29) is 6.04 Å². The fraction of sp³-hybridized carbons (Fsp3) is 0.647. The van der Waals surface area contributed by atoms with E-state index in [1.165, 1.54) is 0 Å². The van der Waals surface area contributed by atoms with Crippen molar-refractivity contribution in [2.75, 3.05) is 52.7 Å². The van der Waals surface area contributed by atoms with E-state index in [1.807, 2.05) is 37.3 Å². The number of ether oxygens (including phenoxy) is 3. The van der Waals surface area contributed by atoms with E-state index in [0.717, 1.165) is 18.7 Å². The van der Waals surface area contributed by atoms with Gasteiger partial charge in [-0.1, -0.05) is 30.3 Å². The molecule has 1 saturated heterocycles. The van der Waals surface area contributed by atoms with Crippen LogP contribution in [0.5, 0.6) is 0 Å². The van der Waals surface area contributed by atoms with Crippen LogP contribution in [0.3, 0.4) is 0 Å². The van der Waals surface area contributed by atoms with Gasteiger partial charge in [0.15, 0.2) is 0 Å². The number of nitrogens with zero attached hydrogens (tertiary/aromatic N) is 1. The summed E-state index contributed by atoms with van der Waals surface area (Å²) in [4.78, 5) is 2.22.